The predicted molar refractivity (Wildman–Crippen MR) is 61.9 cm³/mol. The van der Waals surface area contributed by atoms with Gasteiger partial charge in [0.1, 0.15) is 0 Å². The van der Waals surface area contributed by atoms with E-state index in [2.05, 4.69) is 32.1 Å². The Kier molecular flexibility index (Phi) is 2.19. The average Bonchev–Trinajstić information content (AvgIpc) is 2.82. The van der Waals surface area contributed by atoms with Gasteiger partial charge >= 0.3 is 0 Å². The highest BCUT2D eigenvalue weighted by Crippen LogP contribution is 2.49. The molecule has 0 saturated heterocycles. The Morgan fingerprint density at radius 1 is 1.47 bits per heavy atom. The van der Waals surface area contributed by atoms with Crippen LogP contribution in [-0.4, -0.2) is 16.3 Å². The molecule has 1 aliphatic carbocycles. The maximum absolute atomic E-state index is 5.89. The number of aromatic nitrogens is 2. The fraction of sp³-hybridized carbons (Fsp3) is 0.750. The summed E-state index contributed by atoms with van der Waals surface area (Å²) in [7, 11) is 1.99. The maximum atomic E-state index is 5.89. The molecule has 15 heavy (non-hydrogen) atoms. The highest BCUT2D eigenvalue weighted by atomic mass is 15.3. The van der Waals surface area contributed by atoms with Gasteiger partial charge in [-0.05, 0) is 12.8 Å². The average molecular weight is 207 g/mol. The molecule has 1 fully saturated rings. The lowest BCUT2D eigenvalue weighted by Gasteiger charge is -2.21. The molecule has 1 heterocycles. The minimum Gasteiger partial charge on any atom is -0.330 e. The molecule has 1 saturated carbocycles. The van der Waals surface area contributed by atoms with Crippen molar-refractivity contribution in [3.8, 4) is 0 Å². The van der Waals surface area contributed by atoms with Crippen molar-refractivity contribution in [1.82, 2.24) is 9.78 Å². The van der Waals surface area contributed by atoms with E-state index in [-0.39, 0.29) is 10.8 Å². The van der Waals surface area contributed by atoms with Crippen LogP contribution < -0.4 is 5.73 Å². The van der Waals surface area contributed by atoms with E-state index in [4.69, 9.17) is 5.73 Å². The van der Waals surface area contributed by atoms with Crippen LogP contribution in [0.2, 0.25) is 0 Å². The molecule has 84 valence electrons. The fourth-order valence-electron chi connectivity index (χ4n) is 2.16. The van der Waals surface area contributed by atoms with Crippen molar-refractivity contribution in [2.45, 2.75) is 44.4 Å². The second-order valence-electron chi connectivity index (χ2n) is 5.80. The highest BCUT2D eigenvalue weighted by Gasteiger charge is 2.46. The number of nitrogens with zero attached hydrogens (tertiary/aromatic N) is 2. The Labute approximate surface area is 91.7 Å². The van der Waals surface area contributed by atoms with Gasteiger partial charge in [-0.3, -0.25) is 4.68 Å². The molecule has 0 spiro atoms. The first-order chi connectivity index (χ1) is 6.89. The van der Waals surface area contributed by atoms with E-state index in [0.717, 1.165) is 6.54 Å². The van der Waals surface area contributed by atoms with Crippen LogP contribution in [0, 0.1) is 0 Å². The molecule has 1 aliphatic rings. The second kappa shape index (κ2) is 3.08. The molecular weight excluding hydrogens is 186 g/mol. The molecule has 1 aromatic heterocycles. The van der Waals surface area contributed by atoms with Crippen LogP contribution in [0.15, 0.2) is 6.20 Å². The van der Waals surface area contributed by atoms with Crippen molar-refractivity contribution in [1.29, 1.82) is 0 Å². The van der Waals surface area contributed by atoms with Crippen LogP contribution >= 0.6 is 0 Å². The fourth-order valence-corrected chi connectivity index (χ4v) is 2.16. The second-order valence-corrected chi connectivity index (χ2v) is 5.80. The van der Waals surface area contributed by atoms with Gasteiger partial charge in [0.05, 0.1) is 5.69 Å². The van der Waals surface area contributed by atoms with Crippen LogP contribution in [0.5, 0.6) is 0 Å². The normalized spacial score (nSPS) is 19.3. The van der Waals surface area contributed by atoms with Gasteiger partial charge in [0.15, 0.2) is 0 Å². The molecule has 0 bridgehead atoms. The predicted octanol–water partition coefficient (Wildman–Crippen LogP) is 1.71. The van der Waals surface area contributed by atoms with E-state index in [0.29, 0.717) is 0 Å². The Hall–Kier alpha value is -0.830. The van der Waals surface area contributed by atoms with Crippen LogP contribution in [-0.2, 0) is 17.9 Å². The number of nitrogens with two attached hydrogens (primary N) is 1. The van der Waals surface area contributed by atoms with Crippen LogP contribution in [0.25, 0.3) is 0 Å². The highest BCUT2D eigenvalue weighted by molar-refractivity contribution is 5.37. The van der Waals surface area contributed by atoms with Crippen molar-refractivity contribution in [3.63, 3.8) is 0 Å². The Bertz CT molecular complexity index is 367. The van der Waals surface area contributed by atoms with Crippen molar-refractivity contribution in [3.05, 3.63) is 17.5 Å². The summed E-state index contributed by atoms with van der Waals surface area (Å²) in [4.78, 5) is 0. The van der Waals surface area contributed by atoms with E-state index < -0.39 is 0 Å². The molecule has 0 amide bonds. The van der Waals surface area contributed by atoms with Gasteiger partial charge < -0.3 is 5.73 Å². The van der Waals surface area contributed by atoms with E-state index in [9.17, 15) is 0 Å². The lowest BCUT2D eigenvalue weighted by atomic mass is 9.84. The molecule has 0 aliphatic heterocycles. The van der Waals surface area contributed by atoms with Gasteiger partial charge in [-0.2, -0.15) is 5.10 Å². The number of hydrogen-bond acceptors (Lipinski definition) is 2. The van der Waals surface area contributed by atoms with Gasteiger partial charge in [-0.25, -0.2) is 0 Å². The zero-order chi connectivity index (χ0) is 11.3. The molecule has 2 N–H and O–H groups in total. The van der Waals surface area contributed by atoms with Crippen molar-refractivity contribution in [2.24, 2.45) is 12.8 Å². The SMILES string of the molecule is Cn1cc(C2(CN)CC2)c(C(C)(C)C)n1. The van der Waals surface area contributed by atoms with Gasteiger partial charge in [-0.15, -0.1) is 0 Å². The summed E-state index contributed by atoms with van der Waals surface area (Å²) >= 11 is 0. The van der Waals surface area contributed by atoms with Gasteiger partial charge in [0, 0.05) is 36.2 Å². The van der Waals surface area contributed by atoms with E-state index in [1.54, 1.807) is 0 Å². The van der Waals surface area contributed by atoms with Crippen molar-refractivity contribution >= 4 is 0 Å². The first kappa shape index (κ1) is 10.7. The van der Waals surface area contributed by atoms with Crippen molar-refractivity contribution < 1.29 is 0 Å². The quantitative estimate of drug-likeness (QED) is 0.802. The number of aryl methyl sites for hydroxylation is 1. The molecule has 3 heteroatoms. The van der Waals surface area contributed by atoms with E-state index >= 15 is 0 Å². The molecule has 2 rings (SSSR count). The summed E-state index contributed by atoms with van der Waals surface area (Å²) in [6.45, 7) is 7.39. The summed E-state index contributed by atoms with van der Waals surface area (Å²) in [5.74, 6) is 0. The Balaban J connectivity index is 2.47. The van der Waals surface area contributed by atoms with Gasteiger partial charge in [0.2, 0.25) is 0 Å². The van der Waals surface area contributed by atoms with Gasteiger partial charge in [-0.1, -0.05) is 20.8 Å². The summed E-state index contributed by atoms with van der Waals surface area (Å²) in [5.41, 5.74) is 8.84. The summed E-state index contributed by atoms with van der Waals surface area (Å²) in [5, 5.41) is 4.60. The first-order valence-electron chi connectivity index (χ1n) is 5.64. The Morgan fingerprint density at radius 2 is 2.07 bits per heavy atom. The molecular formula is C12H21N3. The number of rotatable bonds is 2. The zero-order valence-electron chi connectivity index (χ0n) is 10.2. The Morgan fingerprint density at radius 3 is 2.47 bits per heavy atom. The minimum absolute atomic E-state index is 0.112. The van der Waals surface area contributed by atoms with E-state index in [1.165, 1.54) is 24.1 Å². The smallest absolute Gasteiger partial charge is 0.0715 e. The number of hydrogen-bond donors (Lipinski definition) is 1. The van der Waals surface area contributed by atoms with Gasteiger partial charge in [0.25, 0.3) is 0 Å². The van der Waals surface area contributed by atoms with Crippen LogP contribution in [0.1, 0.15) is 44.9 Å². The zero-order valence-corrected chi connectivity index (χ0v) is 10.2. The maximum Gasteiger partial charge on any atom is 0.0715 e. The lowest BCUT2D eigenvalue weighted by molar-refractivity contribution is 0.538. The largest absolute Gasteiger partial charge is 0.330 e. The summed E-state index contributed by atoms with van der Waals surface area (Å²) < 4.78 is 1.92. The third-order valence-electron chi connectivity index (χ3n) is 3.35. The standard InChI is InChI=1S/C12H21N3/c1-11(2,3)10-9(7-15(4)14-10)12(8-13)5-6-12/h7H,5-6,8,13H2,1-4H3. The third kappa shape index (κ3) is 1.69. The van der Waals surface area contributed by atoms with E-state index in [1.807, 2.05) is 11.7 Å². The lowest BCUT2D eigenvalue weighted by Crippen LogP contribution is -2.24. The molecule has 0 aromatic carbocycles. The third-order valence-corrected chi connectivity index (χ3v) is 3.35. The van der Waals surface area contributed by atoms with Crippen LogP contribution in [0.4, 0.5) is 0 Å². The summed E-state index contributed by atoms with van der Waals surface area (Å²) in [6.07, 6.45) is 4.59. The molecule has 3 nitrogen and oxygen atoms in total. The minimum atomic E-state index is 0.112. The summed E-state index contributed by atoms with van der Waals surface area (Å²) in [6, 6.07) is 0. The molecule has 0 atom stereocenters. The topological polar surface area (TPSA) is 43.8 Å². The molecule has 0 unspecified atom stereocenters. The molecule has 0 radical (unpaired) electrons. The van der Waals surface area contributed by atoms with Crippen molar-refractivity contribution in [2.75, 3.05) is 6.54 Å². The first-order valence-corrected chi connectivity index (χ1v) is 5.64. The van der Waals surface area contributed by atoms with Crippen LogP contribution in [0.3, 0.4) is 0 Å². The molecule has 1 aromatic rings. The monoisotopic (exact) mass is 207 g/mol.